The molecule has 0 atom stereocenters. The maximum Gasteiger partial charge on any atom is 0.268 e. The fourth-order valence-electron chi connectivity index (χ4n) is 1.04. The molecular formula is C9H7F2NO. The van der Waals surface area contributed by atoms with E-state index in [1.54, 1.807) is 6.07 Å². The predicted octanol–water partition coefficient (Wildman–Crippen LogP) is 2.50. The van der Waals surface area contributed by atoms with Crippen LogP contribution in [0, 0.1) is 11.3 Å². The molecular weight excluding hydrogens is 176 g/mol. The van der Waals surface area contributed by atoms with Crippen LogP contribution < -0.4 is 4.74 Å². The number of hydrogen-bond donors (Lipinski definition) is 0. The molecule has 1 aromatic rings. The molecule has 0 bridgehead atoms. The van der Waals surface area contributed by atoms with Crippen LogP contribution in [-0.4, -0.2) is 7.11 Å². The van der Waals surface area contributed by atoms with E-state index in [-0.39, 0.29) is 16.9 Å². The smallest absolute Gasteiger partial charge is 0.268 e. The number of benzene rings is 1. The fourth-order valence-corrected chi connectivity index (χ4v) is 1.04. The van der Waals surface area contributed by atoms with Gasteiger partial charge in [0, 0.05) is 0 Å². The Kier molecular flexibility index (Phi) is 2.80. The molecule has 0 fully saturated rings. The Balaban J connectivity index is 3.32. The minimum absolute atomic E-state index is 0.0469. The van der Waals surface area contributed by atoms with Crippen molar-refractivity contribution in [2.75, 3.05) is 7.11 Å². The molecule has 0 saturated heterocycles. The molecule has 4 heteroatoms. The summed E-state index contributed by atoms with van der Waals surface area (Å²) in [6.07, 6.45) is -2.69. The van der Waals surface area contributed by atoms with E-state index < -0.39 is 6.43 Å². The van der Waals surface area contributed by atoms with Crippen molar-refractivity contribution in [3.63, 3.8) is 0 Å². The number of nitriles is 1. The molecule has 0 aliphatic carbocycles. The molecule has 2 nitrogen and oxygen atoms in total. The summed E-state index contributed by atoms with van der Waals surface area (Å²) in [5, 5.41) is 8.55. The van der Waals surface area contributed by atoms with Gasteiger partial charge in [0.15, 0.2) is 0 Å². The van der Waals surface area contributed by atoms with Crippen LogP contribution in [0.15, 0.2) is 18.2 Å². The molecule has 0 N–H and O–H groups in total. The molecule has 1 aromatic carbocycles. The van der Waals surface area contributed by atoms with Gasteiger partial charge in [-0.15, -0.1) is 0 Å². The van der Waals surface area contributed by atoms with E-state index in [0.29, 0.717) is 0 Å². The number of nitrogens with zero attached hydrogens (tertiary/aromatic N) is 1. The molecule has 0 aliphatic rings. The molecule has 13 heavy (non-hydrogen) atoms. The number of halogens is 2. The molecule has 68 valence electrons. The van der Waals surface area contributed by atoms with Gasteiger partial charge in [0.05, 0.1) is 24.3 Å². The van der Waals surface area contributed by atoms with Crippen molar-refractivity contribution in [3.05, 3.63) is 29.3 Å². The van der Waals surface area contributed by atoms with E-state index in [9.17, 15) is 8.78 Å². The number of hydrogen-bond acceptors (Lipinski definition) is 2. The van der Waals surface area contributed by atoms with Crippen LogP contribution in [0.2, 0.25) is 0 Å². The predicted molar refractivity (Wildman–Crippen MR) is 42.7 cm³/mol. The first kappa shape index (κ1) is 9.46. The first-order chi connectivity index (χ1) is 6.20. The molecule has 0 aliphatic heterocycles. The van der Waals surface area contributed by atoms with Gasteiger partial charge in [0.25, 0.3) is 6.43 Å². The third-order valence-corrected chi connectivity index (χ3v) is 1.62. The third kappa shape index (κ3) is 1.75. The average molecular weight is 183 g/mol. The van der Waals surface area contributed by atoms with Crippen LogP contribution in [0.25, 0.3) is 0 Å². The molecule has 1 rings (SSSR count). The van der Waals surface area contributed by atoms with E-state index in [4.69, 9.17) is 10.00 Å². The quantitative estimate of drug-likeness (QED) is 0.705. The molecule has 0 radical (unpaired) electrons. The molecule has 0 heterocycles. The van der Waals surface area contributed by atoms with Gasteiger partial charge in [-0.05, 0) is 12.1 Å². The Hall–Kier alpha value is -1.63. The second-order valence-electron chi connectivity index (χ2n) is 2.33. The second-order valence-corrected chi connectivity index (χ2v) is 2.33. The van der Waals surface area contributed by atoms with Gasteiger partial charge in [-0.3, -0.25) is 0 Å². The topological polar surface area (TPSA) is 33.0 Å². The van der Waals surface area contributed by atoms with Gasteiger partial charge in [0.2, 0.25) is 0 Å². The van der Waals surface area contributed by atoms with Crippen molar-refractivity contribution in [2.24, 2.45) is 0 Å². The molecule has 0 aromatic heterocycles. The summed E-state index contributed by atoms with van der Waals surface area (Å²) in [4.78, 5) is 0. The van der Waals surface area contributed by atoms with Gasteiger partial charge >= 0.3 is 0 Å². The highest BCUT2D eigenvalue weighted by atomic mass is 19.3. The second kappa shape index (κ2) is 3.85. The third-order valence-electron chi connectivity index (χ3n) is 1.62. The maximum atomic E-state index is 12.4. The first-order valence-corrected chi connectivity index (χ1v) is 3.56. The number of alkyl halides is 2. The van der Waals surface area contributed by atoms with E-state index in [0.717, 1.165) is 0 Å². The van der Waals surface area contributed by atoms with Crippen molar-refractivity contribution in [2.45, 2.75) is 6.43 Å². The Morgan fingerprint density at radius 3 is 2.62 bits per heavy atom. The highest BCUT2D eigenvalue weighted by Gasteiger charge is 2.17. The van der Waals surface area contributed by atoms with Crippen LogP contribution >= 0.6 is 0 Å². The van der Waals surface area contributed by atoms with Gasteiger partial charge in [-0.1, -0.05) is 6.07 Å². The van der Waals surface area contributed by atoms with E-state index in [2.05, 4.69) is 0 Å². The largest absolute Gasteiger partial charge is 0.496 e. The lowest BCUT2D eigenvalue weighted by atomic mass is 10.1. The highest BCUT2D eigenvalue weighted by Crippen LogP contribution is 2.31. The molecule has 0 spiro atoms. The van der Waals surface area contributed by atoms with E-state index in [1.807, 2.05) is 0 Å². The molecule has 0 saturated carbocycles. The van der Waals surface area contributed by atoms with Gasteiger partial charge in [-0.2, -0.15) is 5.26 Å². The van der Waals surface area contributed by atoms with Gasteiger partial charge in [-0.25, -0.2) is 8.78 Å². The summed E-state index contributed by atoms with van der Waals surface area (Å²) in [5.41, 5.74) is -0.387. The number of methoxy groups -OCH3 is 1. The summed E-state index contributed by atoms with van der Waals surface area (Å²) < 4.78 is 29.6. The van der Waals surface area contributed by atoms with Crippen molar-refractivity contribution in [1.29, 1.82) is 5.26 Å². The zero-order valence-electron chi connectivity index (χ0n) is 6.92. The summed E-state index contributed by atoms with van der Waals surface area (Å²) in [7, 11) is 1.29. The minimum Gasteiger partial charge on any atom is -0.496 e. The first-order valence-electron chi connectivity index (χ1n) is 3.56. The Morgan fingerprint density at radius 1 is 1.46 bits per heavy atom. The van der Waals surface area contributed by atoms with Gasteiger partial charge < -0.3 is 4.74 Å². The summed E-state index contributed by atoms with van der Waals surface area (Å²) >= 11 is 0. The zero-order valence-corrected chi connectivity index (χ0v) is 6.92. The SMILES string of the molecule is COc1cccc(C#N)c1C(F)F. The van der Waals surface area contributed by atoms with Crippen LogP contribution in [0.3, 0.4) is 0 Å². The lowest BCUT2D eigenvalue weighted by molar-refractivity contribution is 0.146. The van der Waals surface area contributed by atoms with Crippen LogP contribution in [0.5, 0.6) is 5.75 Å². The normalized spacial score (nSPS) is 9.77. The number of ether oxygens (including phenoxy) is 1. The summed E-state index contributed by atoms with van der Waals surface area (Å²) in [6, 6.07) is 5.94. The average Bonchev–Trinajstić information content (AvgIpc) is 2.16. The lowest BCUT2D eigenvalue weighted by Gasteiger charge is -2.08. The van der Waals surface area contributed by atoms with Crippen molar-refractivity contribution in [1.82, 2.24) is 0 Å². The summed E-state index contributed by atoms with van der Waals surface area (Å²) in [6.45, 7) is 0. The minimum atomic E-state index is -2.69. The fraction of sp³-hybridized carbons (Fsp3) is 0.222. The standard InChI is InChI=1S/C9H7F2NO/c1-13-7-4-2-3-6(5-12)8(7)9(10)11/h2-4,9H,1H3. The molecule has 0 amide bonds. The Labute approximate surface area is 74.4 Å². The van der Waals surface area contributed by atoms with Crippen molar-refractivity contribution < 1.29 is 13.5 Å². The van der Waals surface area contributed by atoms with Crippen LogP contribution in [-0.2, 0) is 0 Å². The van der Waals surface area contributed by atoms with Crippen LogP contribution in [0.1, 0.15) is 17.6 Å². The monoisotopic (exact) mass is 183 g/mol. The Morgan fingerprint density at radius 2 is 2.15 bits per heavy atom. The lowest BCUT2D eigenvalue weighted by Crippen LogP contribution is -1.95. The zero-order chi connectivity index (χ0) is 9.84. The van der Waals surface area contributed by atoms with E-state index in [1.165, 1.54) is 25.3 Å². The maximum absolute atomic E-state index is 12.4. The summed E-state index contributed by atoms with van der Waals surface area (Å²) in [5.74, 6) is 0.0500. The van der Waals surface area contributed by atoms with E-state index >= 15 is 0 Å². The molecule has 0 unspecified atom stereocenters. The Bertz CT molecular complexity index is 344. The van der Waals surface area contributed by atoms with Crippen molar-refractivity contribution in [3.8, 4) is 11.8 Å². The van der Waals surface area contributed by atoms with Gasteiger partial charge in [0.1, 0.15) is 5.75 Å². The van der Waals surface area contributed by atoms with Crippen molar-refractivity contribution >= 4 is 0 Å². The highest BCUT2D eigenvalue weighted by molar-refractivity contribution is 5.47. The van der Waals surface area contributed by atoms with Crippen LogP contribution in [0.4, 0.5) is 8.78 Å². The number of rotatable bonds is 2.